The summed E-state index contributed by atoms with van der Waals surface area (Å²) in [7, 11) is 0. The zero-order valence-electron chi connectivity index (χ0n) is 11.1. The molecule has 0 aromatic rings. The monoisotopic (exact) mass is 244 g/mol. The maximum absolute atomic E-state index is 11.5. The van der Waals surface area contributed by atoms with Gasteiger partial charge in [0.15, 0.2) is 0 Å². The Kier molecular flexibility index (Phi) is 9.43. The van der Waals surface area contributed by atoms with Crippen LogP contribution in [0.1, 0.15) is 33.6 Å². The van der Waals surface area contributed by atoms with E-state index >= 15 is 0 Å². The number of nitrogens with one attached hydrogen (secondary N) is 1. The lowest BCUT2D eigenvalue weighted by Crippen LogP contribution is -2.37. The van der Waals surface area contributed by atoms with Crippen molar-refractivity contribution < 1.29 is 14.3 Å². The van der Waals surface area contributed by atoms with E-state index in [9.17, 15) is 9.59 Å². The summed E-state index contributed by atoms with van der Waals surface area (Å²) in [4.78, 5) is 24.5. The molecule has 0 rings (SSSR count). The average Bonchev–Trinajstić information content (AvgIpc) is 2.32. The zero-order chi connectivity index (χ0) is 13.1. The first-order chi connectivity index (χ1) is 8.13. The molecular formula is C12H24N2O3. The van der Waals surface area contributed by atoms with Crippen LogP contribution in [-0.4, -0.2) is 49.6 Å². The van der Waals surface area contributed by atoms with Gasteiger partial charge in [-0.15, -0.1) is 0 Å². The normalized spacial score (nSPS) is 10.4. The van der Waals surface area contributed by atoms with E-state index in [4.69, 9.17) is 4.74 Å². The Morgan fingerprint density at radius 3 is 2.35 bits per heavy atom. The van der Waals surface area contributed by atoms with Crippen LogP contribution < -0.4 is 5.32 Å². The molecule has 0 aromatic heterocycles. The number of ether oxygens (including phenoxy) is 1. The smallest absolute Gasteiger partial charge is 0.305 e. The van der Waals surface area contributed by atoms with E-state index in [2.05, 4.69) is 5.32 Å². The minimum Gasteiger partial charge on any atom is -0.466 e. The first-order valence-corrected chi connectivity index (χ1v) is 6.28. The number of nitrogens with zero attached hydrogens (tertiary/aromatic N) is 1. The summed E-state index contributed by atoms with van der Waals surface area (Å²) in [5.41, 5.74) is 0. The molecule has 0 aromatic carbocycles. The lowest BCUT2D eigenvalue weighted by Gasteiger charge is -2.17. The Morgan fingerprint density at radius 1 is 1.18 bits per heavy atom. The number of esters is 1. The van der Waals surface area contributed by atoms with Gasteiger partial charge in [-0.05, 0) is 26.4 Å². The van der Waals surface area contributed by atoms with Crippen LogP contribution in [0.2, 0.25) is 0 Å². The predicted octanol–water partition coefficient (Wildman–Crippen LogP) is 0.788. The van der Waals surface area contributed by atoms with Gasteiger partial charge < -0.3 is 10.1 Å². The average molecular weight is 244 g/mol. The molecule has 0 fully saturated rings. The topological polar surface area (TPSA) is 58.6 Å². The van der Waals surface area contributed by atoms with Gasteiger partial charge in [-0.3, -0.25) is 14.5 Å². The van der Waals surface area contributed by atoms with Crippen molar-refractivity contribution in [3.63, 3.8) is 0 Å². The summed E-state index contributed by atoms with van der Waals surface area (Å²) in [6, 6.07) is 0. The summed E-state index contributed by atoms with van der Waals surface area (Å²) in [6.45, 7) is 8.93. The van der Waals surface area contributed by atoms with Crippen LogP contribution in [-0.2, 0) is 14.3 Å². The van der Waals surface area contributed by atoms with Crippen LogP contribution in [0.25, 0.3) is 0 Å². The standard InChI is InChI=1S/C12H24N2O3/c1-4-14(5-2)10-11(15)13-9-7-8-12(16)17-6-3/h4-10H2,1-3H3,(H,13,15). The maximum Gasteiger partial charge on any atom is 0.305 e. The van der Waals surface area contributed by atoms with Gasteiger partial charge in [-0.1, -0.05) is 13.8 Å². The Labute approximate surface area is 103 Å². The second-order valence-corrected chi connectivity index (χ2v) is 3.72. The summed E-state index contributed by atoms with van der Waals surface area (Å²) in [5, 5.41) is 2.79. The van der Waals surface area contributed by atoms with Gasteiger partial charge in [0, 0.05) is 13.0 Å². The first-order valence-electron chi connectivity index (χ1n) is 6.28. The van der Waals surface area contributed by atoms with Crippen LogP contribution in [0.15, 0.2) is 0 Å². The van der Waals surface area contributed by atoms with Crippen LogP contribution in [0.5, 0.6) is 0 Å². The summed E-state index contributed by atoms with van der Waals surface area (Å²) in [5.74, 6) is -0.192. The van der Waals surface area contributed by atoms with Gasteiger partial charge in [0.25, 0.3) is 0 Å². The van der Waals surface area contributed by atoms with Crippen molar-refractivity contribution in [1.82, 2.24) is 10.2 Å². The van der Waals surface area contributed by atoms with Crippen molar-refractivity contribution in [2.75, 3.05) is 32.8 Å². The third kappa shape index (κ3) is 8.68. The second-order valence-electron chi connectivity index (χ2n) is 3.72. The highest BCUT2D eigenvalue weighted by atomic mass is 16.5. The molecule has 0 aliphatic heterocycles. The van der Waals surface area contributed by atoms with Crippen molar-refractivity contribution in [1.29, 1.82) is 0 Å². The van der Waals surface area contributed by atoms with E-state index in [-0.39, 0.29) is 11.9 Å². The highest BCUT2D eigenvalue weighted by Crippen LogP contribution is 1.92. The number of carbonyl (C=O) groups is 2. The molecule has 0 saturated heterocycles. The second kappa shape index (κ2) is 10.1. The van der Waals surface area contributed by atoms with Crippen molar-refractivity contribution in [3.8, 4) is 0 Å². The molecular weight excluding hydrogens is 220 g/mol. The summed E-state index contributed by atoms with van der Waals surface area (Å²) in [6.07, 6.45) is 0.988. The number of amides is 1. The SMILES string of the molecule is CCOC(=O)CCCNC(=O)CN(CC)CC. The summed E-state index contributed by atoms with van der Waals surface area (Å²) < 4.78 is 4.79. The van der Waals surface area contributed by atoms with Crippen LogP contribution in [0.3, 0.4) is 0 Å². The van der Waals surface area contributed by atoms with E-state index in [0.29, 0.717) is 32.5 Å². The molecule has 100 valence electrons. The van der Waals surface area contributed by atoms with Gasteiger partial charge >= 0.3 is 5.97 Å². The minimum atomic E-state index is -0.203. The molecule has 0 aliphatic carbocycles. The zero-order valence-corrected chi connectivity index (χ0v) is 11.1. The molecule has 0 heterocycles. The molecule has 0 spiro atoms. The third-order valence-corrected chi connectivity index (χ3v) is 2.45. The fourth-order valence-corrected chi connectivity index (χ4v) is 1.40. The third-order valence-electron chi connectivity index (χ3n) is 2.45. The van der Waals surface area contributed by atoms with Gasteiger partial charge in [-0.2, -0.15) is 0 Å². The number of hydrogen-bond acceptors (Lipinski definition) is 4. The fourth-order valence-electron chi connectivity index (χ4n) is 1.40. The molecule has 1 N–H and O–H groups in total. The molecule has 0 aliphatic rings. The fraction of sp³-hybridized carbons (Fsp3) is 0.833. The quantitative estimate of drug-likeness (QED) is 0.481. The Morgan fingerprint density at radius 2 is 1.82 bits per heavy atom. The maximum atomic E-state index is 11.5. The van der Waals surface area contributed by atoms with E-state index in [1.54, 1.807) is 6.92 Å². The number of hydrogen-bond donors (Lipinski definition) is 1. The minimum absolute atomic E-state index is 0.0116. The molecule has 0 atom stereocenters. The lowest BCUT2D eigenvalue weighted by atomic mass is 10.3. The molecule has 17 heavy (non-hydrogen) atoms. The number of likely N-dealkylation sites (N-methyl/N-ethyl adjacent to an activating group) is 1. The van der Waals surface area contributed by atoms with Crippen LogP contribution in [0, 0.1) is 0 Å². The predicted molar refractivity (Wildman–Crippen MR) is 66.7 cm³/mol. The molecule has 1 amide bonds. The lowest BCUT2D eigenvalue weighted by molar-refractivity contribution is -0.143. The molecule has 0 unspecified atom stereocenters. The summed E-state index contributed by atoms with van der Waals surface area (Å²) >= 11 is 0. The molecule has 0 saturated carbocycles. The van der Waals surface area contributed by atoms with Gasteiger partial charge in [0.2, 0.25) is 5.91 Å². The molecule has 0 bridgehead atoms. The van der Waals surface area contributed by atoms with E-state index in [0.717, 1.165) is 13.1 Å². The van der Waals surface area contributed by atoms with Crippen LogP contribution >= 0.6 is 0 Å². The molecule has 5 heteroatoms. The number of rotatable bonds is 9. The number of carbonyl (C=O) groups excluding carboxylic acids is 2. The van der Waals surface area contributed by atoms with Gasteiger partial charge in [0.05, 0.1) is 13.2 Å². The van der Waals surface area contributed by atoms with E-state index in [1.807, 2.05) is 18.7 Å². The Hall–Kier alpha value is -1.10. The van der Waals surface area contributed by atoms with E-state index in [1.165, 1.54) is 0 Å². The van der Waals surface area contributed by atoms with Crippen LogP contribution in [0.4, 0.5) is 0 Å². The highest BCUT2D eigenvalue weighted by Gasteiger charge is 2.07. The molecule has 0 radical (unpaired) electrons. The van der Waals surface area contributed by atoms with E-state index < -0.39 is 0 Å². The van der Waals surface area contributed by atoms with Crippen molar-refractivity contribution >= 4 is 11.9 Å². The highest BCUT2D eigenvalue weighted by molar-refractivity contribution is 5.78. The van der Waals surface area contributed by atoms with Gasteiger partial charge in [0.1, 0.15) is 0 Å². The molecule has 5 nitrogen and oxygen atoms in total. The Bertz CT molecular complexity index is 228. The largest absolute Gasteiger partial charge is 0.466 e. The first kappa shape index (κ1) is 15.9. The van der Waals surface area contributed by atoms with Crippen molar-refractivity contribution in [3.05, 3.63) is 0 Å². The van der Waals surface area contributed by atoms with Crippen molar-refractivity contribution in [2.45, 2.75) is 33.6 Å². The van der Waals surface area contributed by atoms with Crippen molar-refractivity contribution in [2.24, 2.45) is 0 Å². The Balaban J connectivity index is 3.54. The van der Waals surface area contributed by atoms with Gasteiger partial charge in [-0.25, -0.2) is 0 Å².